The van der Waals surface area contributed by atoms with Crippen LogP contribution in [0.1, 0.15) is 23.2 Å². The molecule has 3 rings (SSSR count). The van der Waals surface area contributed by atoms with E-state index in [-0.39, 0.29) is 23.7 Å². The van der Waals surface area contributed by atoms with Gasteiger partial charge in [0.25, 0.3) is 5.56 Å². The van der Waals surface area contributed by atoms with Crippen molar-refractivity contribution in [2.24, 2.45) is 0 Å². The fourth-order valence-electron chi connectivity index (χ4n) is 2.94. The van der Waals surface area contributed by atoms with Gasteiger partial charge in [-0.15, -0.1) is 0 Å². The van der Waals surface area contributed by atoms with Crippen molar-refractivity contribution in [3.05, 3.63) is 57.3 Å². The molecule has 2 N–H and O–H groups in total. The molecular formula is C19H23FN4O3. The third-order valence-corrected chi connectivity index (χ3v) is 4.53. The van der Waals surface area contributed by atoms with E-state index in [1.165, 1.54) is 12.1 Å². The number of aryl methyl sites for hydroxylation is 1. The van der Waals surface area contributed by atoms with Crippen LogP contribution in [-0.4, -0.2) is 42.2 Å². The summed E-state index contributed by atoms with van der Waals surface area (Å²) in [5, 5.41) is 2.77. The first-order valence-electron chi connectivity index (χ1n) is 8.96. The molecule has 1 fully saturated rings. The predicted molar refractivity (Wildman–Crippen MR) is 99.2 cm³/mol. The molecule has 144 valence electrons. The summed E-state index contributed by atoms with van der Waals surface area (Å²) in [6.45, 7) is 4.70. The number of carbonyl (C=O) groups excluding carboxylic acids is 1. The summed E-state index contributed by atoms with van der Waals surface area (Å²) in [6, 6.07) is 5.95. The molecule has 1 aromatic carbocycles. The lowest BCUT2D eigenvalue weighted by molar-refractivity contribution is -0.121. The van der Waals surface area contributed by atoms with Gasteiger partial charge < -0.3 is 15.0 Å². The third-order valence-electron chi connectivity index (χ3n) is 4.53. The Hall–Kier alpha value is -2.74. The number of rotatable bonds is 6. The molecule has 0 radical (unpaired) electrons. The van der Waals surface area contributed by atoms with Crippen LogP contribution >= 0.6 is 0 Å². The first kappa shape index (κ1) is 19.0. The number of anilines is 1. The van der Waals surface area contributed by atoms with E-state index in [1.807, 2.05) is 4.90 Å². The maximum absolute atomic E-state index is 12.9. The van der Waals surface area contributed by atoms with Crippen molar-refractivity contribution in [1.29, 1.82) is 0 Å². The molecule has 0 aliphatic carbocycles. The molecule has 1 aliphatic rings. The van der Waals surface area contributed by atoms with Crippen LogP contribution in [0.5, 0.6) is 0 Å². The van der Waals surface area contributed by atoms with Gasteiger partial charge in [-0.2, -0.15) is 0 Å². The van der Waals surface area contributed by atoms with E-state index < -0.39 is 0 Å². The van der Waals surface area contributed by atoms with Crippen LogP contribution in [-0.2, 0) is 22.5 Å². The van der Waals surface area contributed by atoms with Gasteiger partial charge in [-0.3, -0.25) is 14.6 Å². The summed E-state index contributed by atoms with van der Waals surface area (Å²) >= 11 is 0. The molecule has 1 aromatic heterocycles. The lowest BCUT2D eigenvalue weighted by atomic mass is 10.1. The lowest BCUT2D eigenvalue weighted by Crippen LogP contribution is -2.38. The number of hydrogen-bond acceptors (Lipinski definition) is 5. The van der Waals surface area contributed by atoms with Gasteiger partial charge in [0.2, 0.25) is 11.9 Å². The Morgan fingerprint density at radius 3 is 2.67 bits per heavy atom. The fourth-order valence-corrected chi connectivity index (χ4v) is 2.94. The molecule has 0 saturated carbocycles. The molecule has 8 heteroatoms. The number of halogens is 1. The zero-order valence-electron chi connectivity index (χ0n) is 15.3. The number of nitrogens with one attached hydrogen (secondary N) is 2. The van der Waals surface area contributed by atoms with Crippen LogP contribution in [0.3, 0.4) is 0 Å². The average molecular weight is 374 g/mol. The summed E-state index contributed by atoms with van der Waals surface area (Å²) < 4.78 is 18.2. The van der Waals surface area contributed by atoms with Crippen LogP contribution in [0, 0.1) is 12.7 Å². The molecule has 1 saturated heterocycles. The van der Waals surface area contributed by atoms with Crippen molar-refractivity contribution in [2.75, 3.05) is 31.2 Å². The normalized spacial score (nSPS) is 14.2. The molecule has 2 heterocycles. The summed E-state index contributed by atoms with van der Waals surface area (Å²) in [5.74, 6) is 0.0634. The molecule has 0 atom stereocenters. The minimum Gasteiger partial charge on any atom is -0.378 e. The molecular weight excluding hydrogens is 351 g/mol. The van der Waals surface area contributed by atoms with Crippen LogP contribution < -0.4 is 15.8 Å². The smallest absolute Gasteiger partial charge is 0.255 e. The quantitative estimate of drug-likeness (QED) is 0.796. The van der Waals surface area contributed by atoms with Gasteiger partial charge in [0.1, 0.15) is 5.82 Å². The molecule has 7 nitrogen and oxygen atoms in total. The van der Waals surface area contributed by atoms with E-state index in [1.54, 1.807) is 19.1 Å². The number of ether oxygens (including phenoxy) is 1. The molecule has 2 aromatic rings. The van der Waals surface area contributed by atoms with Gasteiger partial charge in [0, 0.05) is 37.3 Å². The second-order valence-corrected chi connectivity index (χ2v) is 6.46. The molecule has 27 heavy (non-hydrogen) atoms. The largest absolute Gasteiger partial charge is 0.378 e. The van der Waals surface area contributed by atoms with Crippen LogP contribution in [0.4, 0.5) is 10.3 Å². The summed E-state index contributed by atoms with van der Waals surface area (Å²) in [7, 11) is 0. The Morgan fingerprint density at radius 1 is 1.30 bits per heavy atom. The van der Waals surface area contributed by atoms with Gasteiger partial charge in [-0.05, 0) is 31.0 Å². The number of benzene rings is 1. The second kappa shape index (κ2) is 8.77. The van der Waals surface area contributed by atoms with Crippen LogP contribution in [0.15, 0.2) is 29.1 Å². The number of hydrogen-bond donors (Lipinski definition) is 2. The Balaban J connectivity index is 1.56. The predicted octanol–water partition coefficient (Wildman–Crippen LogP) is 1.30. The number of amides is 1. The Bertz CT molecular complexity index is 845. The van der Waals surface area contributed by atoms with Crippen LogP contribution in [0.25, 0.3) is 0 Å². The monoisotopic (exact) mass is 374 g/mol. The summed E-state index contributed by atoms with van der Waals surface area (Å²) in [4.78, 5) is 33.7. The first-order valence-corrected chi connectivity index (χ1v) is 8.96. The topological polar surface area (TPSA) is 87.3 Å². The average Bonchev–Trinajstić information content (AvgIpc) is 2.67. The maximum atomic E-state index is 12.9. The Morgan fingerprint density at radius 2 is 2.00 bits per heavy atom. The van der Waals surface area contributed by atoms with Gasteiger partial charge in [0.05, 0.1) is 13.2 Å². The number of H-pyrrole nitrogens is 1. The maximum Gasteiger partial charge on any atom is 0.255 e. The Labute approximate surface area is 156 Å². The van der Waals surface area contributed by atoms with Crippen molar-refractivity contribution in [2.45, 2.75) is 26.3 Å². The van der Waals surface area contributed by atoms with Crippen LogP contribution in [0.2, 0.25) is 0 Å². The highest BCUT2D eigenvalue weighted by Crippen LogP contribution is 2.11. The van der Waals surface area contributed by atoms with Crippen molar-refractivity contribution in [1.82, 2.24) is 15.3 Å². The number of carbonyl (C=O) groups is 1. The highest BCUT2D eigenvalue weighted by Gasteiger charge is 2.16. The zero-order chi connectivity index (χ0) is 19.2. The van der Waals surface area contributed by atoms with Gasteiger partial charge in [-0.1, -0.05) is 12.1 Å². The van der Waals surface area contributed by atoms with Gasteiger partial charge >= 0.3 is 0 Å². The third kappa shape index (κ3) is 5.13. The van der Waals surface area contributed by atoms with E-state index >= 15 is 0 Å². The lowest BCUT2D eigenvalue weighted by Gasteiger charge is -2.27. The highest BCUT2D eigenvalue weighted by molar-refractivity contribution is 5.76. The molecule has 0 unspecified atom stereocenters. The van der Waals surface area contributed by atoms with Crippen molar-refractivity contribution < 1.29 is 13.9 Å². The van der Waals surface area contributed by atoms with E-state index in [2.05, 4.69) is 15.3 Å². The van der Waals surface area contributed by atoms with E-state index in [4.69, 9.17) is 4.74 Å². The minimum absolute atomic E-state index is 0.171. The summed E-state index contributed by atoms with van der Waals surface area (Å²) in [5.41, 5.74) is 1.75. The SMILES string of the molecule is Cc1nc(N2CCOCC2)[nH]c(=O)c1CCC(=O)NCc1ccc(F)cc1. The summed E-state index contributed by atoms with van der Waals surface area (Å²) in [6.07, 6.45) is 0.497. The highest BCUT2D eigenvalue weighted by atomic mass is 19.1. The van der Waals surface area contributed by atoms with Crippen molar-refractivity contribution in [3.8, 4) is 0 Å². The van der Waals surface area contributed by atoms with E-state index in [0.717, 1.165) is 5.56 Å². The first-order chi connectivity index (χ1) is 13.0. The van der Waals surface area contributed by atoms with E-state index in [9.17, 15) is 14.0 Å². The molecule has 1 aliphatic heterocycles. The van der Waals surface area contributed by atoms with Gasteiger partial charge in [0.15, 0.2) is 0 Å². The van der Waals surface area contributed by atoms with Crippen molar-refractivity contribution in [3.63, 3.8) is 0 Å². The fraction of sp³-hybridized carbons (Fsp3) is 0.421. The second-order valence-electron chi connectivity index (χ2n) is 6.46. The van der Waals surface area contributed by atoms with E-state index in [0.29, 0.717) is 56.5 Å². The number of nitrogens with zero attached hydrogens (tertiary/aromatic N) is 2. The van der Waals surface area contributed by atoms with Gasteiger partial charge in [-0.25, -0.2) is 9.37 Å². The number of aromatic amines is 1. The minimum atomic E-state index is -0.312. The number of morpholine rings is 1. The molecule has 0 spiro atoms. The molecule has 0 bridgehead atoms. The zero-order valence-corrected chi connectivity index (χ0v) is 15.3. The van der Waals surface area contributed by atoms with Crippen molar-refractivity contribution >= 4 is 11.9 Å². The Kier molecular flexibility index (Phi) is 6.18. The standard InChI is InChI=1S/C19H23FN4O3/c1-13-16(18(26)23-19(22-13)24-8-10-27-11-9-24)6-7-17(25)21-12-14-2-4-15(20)5-3-14/h2-5H,6-12H2,1H3,(H,21,25)(H,22,23,26). The molecule has 1 amide bonds. The number of aromatic nitrogens is 2.